The number of hydrogen-bond acceptors (Lipinski definition) is 4. The van der Waals surface area contributed by atoms with E-state index in [9.17, 15) is 0 Å². The van der Waals surface area contributed by atoms with E-state index >= 15 is 0 Å². The first-order valence-corrected chi connectivity index (χ1v) is 5.18. The first-order valence-electron chi connectivity index (χ1n) is 5.18. The average molecular weight is 268 g/mol. The molecule has 1 saturated heterocycles. The lowest BCUT2D eigenvalue weighted by Gasteiger charge is -2.30. The molecule has 2 rings (SSSR count). The van der Waals surface area contributed by atoms with Gasteiger partial charge in [-0.3, -0.25) is 5.10 Å². The molecule has 0 atom stereocenters. The smallest absolute Gasteiger partial charge is 0.137 e. The molecule has 3 N–H and O–H groups in total. The summed E-state index contributed by atoms with van der Waals surface area (Å²) < 4.78 is 0. The van der Waals surface area contributed by atoms with Crippen molar-refractivity contribution in [1.82, 2.24) is 20.1 Å². The van der Waals surface area contributed by atoms with Crippen molar-refractivity contribution in [3.63, 3.8) is 0 Å². The molecular weight excluding hydrogens is 249 g/mol. The van der Waals surface area contributed by atoms with Gasteiger partial charge in [-0.05, 0) is 25.9 Å². The van der Waals surface area contributed by atoms with Gasteiger partial charge in [0.1, 0.15) is 12.2 Å². The van der Waals surface area contributed by atoms with Gasteiger partial charge in [0.25, 0.3) is 0 Å². The maximum absolute atomic E-state index is 5.52. The minimum Gasteiger partial charge on any atom is -0.329 e. The molecule has 0 saturated carbocycles. The van der Waals surface area contributed by atoms with Crippen LogP contribution in [0.5, 0.6) is 0 Å². The highest BCUT2D eigenvalue weighted by Crippen LogP contribution is 2.24. The topological polar surface area (TPSA) is 70.8 Å². The van der Waals surface area contributed by atoms with Gasteiger partial charge in [-0.15, -0.1) is 24.8 Å². The van der Waals surface area contributed by atoms with Crippen LogP contribution in [0.2, 0.25) is 0 Å². The Kier molecular flexibility index (Phi) is 7.66. The number of aromatic amines is 1. The van der Waals surface area contributed by atoms with Crippen LogP contribution in [-0.2, 0) is 0 Å². The van der Waals surface area contributed by atoms with Crippen molar-refractivity contribution in [3.8, 4) is 0 Å². The summed E-state index contributed by atoms with van der Waals surface area (Å²) in [7, 11) is 0. The maximum atomic E-state index is 5.52. The first-order chi connectivity index (χ1) is 6.90. The number of rotatable bonds is 3. The summed E-state index contributed by atoms with van der Waals surface area (Å²) in [6.07, 6.45) is 3.91. The van der Waals surface area contributed by atoms with Crippen LogP contribution in [0.1, 0.15) is 24.6 Å². The van der Waals surface area contributed by atoms with Crippen molar-refractivity contribution in [2.75, 3.05) is 26.2 Å². The SMILES string of the molecule is Cl.Cl.NCCN1CCC(c2ncn[nH]2)CC1. The predicted octanol–water partition coefficient (Wildman–Crippen LogP) is 0.786. The highest BCUT2D eigenvalue weighted by Gasteiger charge is 2.21. The highest BCUT2D eigenvalue weighted by atomic mass is 35.5. The number of hydrogen-bond donors (Lipinski definition) is 2. The fourth-order valence-corrected chi connectivity index (χ4v) is 2.02. The van der Waals surface area contributed by atoms with Crippen LogP contribution in [-0.4, -0.2) is 46.3 Å². The van der Waals surface area contributed by atoms with Gasteiger partial charge in [0.15, 0.2) is 0 Å². The van der Waals surface area contributed by atoms with Crippen molar-refractivity contribution < 1.29 is 0 Å². The van der Waals surface area contributed by atoms with E-state index in [1.807, 2.05) is 0 Å². The van der Waals surface area contributed by atoms with Crippen molar-refractivity contribution in [1.29, 1.82) is 0 Å². The van der Waals surface area contributed by atoms with Gasteiger partial charge < -0.3 is 10.6 Å². The molecule has 0 unspecified atom stereocenters. The lowest BCUT2D eigenvalue weighted by Crippen LogP contribution is -2.36. The van der Waals surface area contributed by atoms with Crippen LogP contribution in [0.3, 0.4) is 0 Å². The number of nitrogens with two attached hydrogens (primary N) is 1. The Labute approximate surface area is 108 Å². The van der Waals surface area contributed by atoms with E-state index in [0.717, 1.165) is 44.8 Å². The molecule has 0 spiro atoms. The lowest BCUT2D eigenvalue weighted by atomic mass is 9.96. The van der Waals surface area contributed by atoms with Gasteiger partial charge in [0.2, 0.25) is 0 Å². The monoisotopic (exact) mass is 267 g/mol. The molecule has 0 radical (unpaired) electrons. The number of aromatic nitrogens is 3. The summed E-state index contributed by atoms with van der Waals surface area (Å²) in [6.45, 7) is 4.03. The largest absolute Gasteiger partial charge is 0.329 e. The zero-order chi connectivity index (χ0) is 9.80. The van der Waals surface area contributed by atoms with Crippen molar-refractivity contribution in [3.05, 3.63) is 12.2 Å². The fourth-order valence-electron chi connectivity index (χ4n) is 2.02. The van der Waals surface area contributed by atoms with Crippen molar-refractivity contribution in [2.24, 2.45) is 5.73 Å². The highest BCUT2D eigenvalue weighted by molar-refractivity contribution is 5.85. The molecule has 0 amide bonds. The summed E-state index contributed by atoms with van der Waals surface area (Å²) in [5.41, 5.74) is 5.52. The minimum absolute atomic E-state index is 0. The Morgan fingerprint density at radius 1 is 1.38 bits per heavy atom. The Morgan fingerprint density at radius 3 is 2.56 bits per heavy atom. The zero-order valence-corrected chi connectivity index (χ0v) is 10.8. The molecule has 2 heterocycles. The summed E-state index contributed by atoms with van der Waals surface area (Å²) in [6, 6.07) is 0. The van der Waals surface area contributed by atoms with Gasteiger partial charge in [-0.1, -0.05) is 0 Å². The number of H-pyrrole nitrogens is 1. The van der Waals surface area contributed by atoms with Gasteiger partial charge in [-0.25, -0.2) is 4.98 Å². The number of halogens is 2. The number of likely N-dealkylation sites (tertiary alicyclic amines) is 1. The molecule has 16 heavy (non-hydrogen) atoms. The van der Waals surface area contributed by atoms with E-state index in [0.29, 0.717) is 5.92 Å². The molecule has 5 nitrogen and oxygen atoms in total. The van der Waals surface area contributed by atoms with E-state index in [1.54, 1.807) is 6.33 Å². The molecule has 1 aliphatic heterocycles. The quantitative estimate of drug-likeness (QED) is 0.850. The molecule has 94 valence electrons. The number of nitrogens with zero attached hydrogens (tertiary/aromatic N) is 3. The third-order valence-electron chi connectivity index (χ3n) is 2.85. The third-order valence-corrected chi connectivity index (χ3v) is 2.85. The second-order valence-corrected chi connectivity index (χ2v) is 3.78. The van der Waals surface area contributed by atoms with Crippen LogP contribution in [0.25, 0.3) is 0 Å². The fraction of sp³-hybridized carbons (Fsp3) is 0.778. The van der Waals surface area contributed by atoms with E-state index in [4.69, 9.17) is 5.73 Å². The van der Waals surface area contributed by atoms with Crippen molar-refractivity contribution in [2.45, 2.75) is 18.8 Å². The maximum Gasteiger partial charge on any atom is 0.137 e. The Balaban J connectivity index is 0.00000112. The van der Waals surface area contributed by atoms with Gasteiger partial charge >= 0.3 is 0 Å². The molecule has 1 aliphatic rings. The van der Waals surface area contributed by atoms with Crippen molar-refractivity contribution >= 4 is 24.8 Å². The van der Waals surface area contributed by atoms with Crippen LogP contribution in [0.4, 0.5) is 0 Å². The number of nitrogens with one attached hydrogen (secondary N) is 1. The molecule has 0 aromatic carbocycles. The summed E-state index contributed by atoms with van der Waals surface area (Å²) in [4.78, 5) is 6.61. The Bertz CT molecular complexity index is 259. The van der Waals surface area contributed by atoms with E-state index in [-0.39, 0.29) is 24.8 Å². The van der Waals surface area contributed by atoms with Gasteiger partial charge in [0, 0.05) is 19.0 Å². The molecular formula is C9H19Cl2N5. The minimum atomic E-state index is 0. The zero-order valence-electron chi connectivity index (χ0n) is 9.13. The predicted molar refractivity (Wildman–Crippen MR) is 68.3 cm³/mol. The van der Waals surface area contributed by atoms with Gasteiger partial charge in [-0.2, -0.15) is 5.10 Å². The second kappa shape index (κ2) is 7.84. The first kappa shape index (κ1) is 15.6. The lowest BCUT2D eigenvalue weighted by molar-refractivity contribution is 0.214. The standard InChI is InChI=1S/C9H17N5.2ClH/c10-3-6-14-4-1-8(2-5-14)9-11-7-12-13-9;;/h7-8H,1-6,10H2,(H,11,12,13);2*1H. The van der Waals surface area contributed by atoms with Crippen LogP contribution in [0.15, 0.2) is 6.33 Å². The van der Waals surface area contributed by atoms with Crippen LogP contribution < -0.4 is 5.73 Å². The van der Waals surface area contributed by atoms with Gasteiger partial charge in [0.05, 0.1) is 0 Å². The molecule has 1 fully saturated rings. The summed E-state index contributed by atoms with van der Waals surface area (Å²) >= 11 is 0. The summed E-state index contributed by atoms with van der Waals surface area (Å²) in [5, 5.41) is 6.83. The third kappa shape index (κ3) is 3.90. The molecule has 1 aromatic heterocycles. The molecule has 7 heteroatoms. The summed E-state index contributed by atoms with van der Waals surface area (Å²) in [5.74, 6) is 1.60. The number of piperidine rings is 1. The van der Waals surface area contributed by atoms with E-state index < -0.39 is 0 Å². The van der Waals surface area contributed by atoms with E-state index in [2.05, 4.69) is 20.1 Å². The van der Waals surface area contributed by atoms with Crippen LogP contribution in [0, 0.1) is 0 Å². The molecule has 0 bridgehead atoms. The molecule has 1 aromatic rings. The second-order valence-electron chi connectivity index (χ2n) is 3.78. The Morgan fingerprint density at radius 2 is 2.06 bits per heavy atom. The van der Waals surface area contributed by atoms with Crippen LogP contribution >= 0.6 is 24.8 Å². The average Bonchev–Trinajstić information content (AvgIpc) is 2.72. The Hall–Kier alpha value is -0.360. The molecule has 0 aliphatic carbocycles. The van der Waals surface area contributed by atoms with E-state index in [1.165, 1.54) is 0 Å². The normalized spacial score (nSPS) is 17.6.